The quantitative estimate of drug-likeness (QED) is 0.647. The molecule has 0 aliphatic heterocycles. The van der Waals surface area contributed by atoms with E-state index < -0.39 is 0 Å². The van der Waals surface area contributed by atoms with Gasteiger partial charge in [-0.3, -0.25) is 0 Å². The predicted octanol–water partition coefficient (Wildman–Crippen LogP) is 2.70. The number of methoxy groups -OCH3 is 1. The van der Waals surface area contributed by atoms with Crippen molar-refractivity contribution in [3.8, 4) is 5.75 Å². The second kappa shape index (κ2) is 4.12. The number of alkyl halides is 1. The van der Waals surface area contributed by atoms with Crippen LogP contribution in [-0.4, -0.2) is 7.11 Å². The molecule has 1 aromatic carbocycles. The molecule has 0 saturated carbocycles. The lowest BCUT2D eigenvalue weighted by Crippen LogP contribution is -2.01. The number of hydrogen-bond acceptors (Lipinski definition) is 2. The maximum atomic E-state index is 5.91. The fourth-order valence-electron chi connectivity index (χ4n) is 0.858. The average Bonchev–Trinajstić information content (AvgIpc) is 2.03. The Hall–Kier alpha value is -0.250. The normalized spacial score (nSPS) is 12.7. The maximum Gasteiger partial charge on any atom is 0.120 e. The first-order chi connectivity index (χ1) is 5.65. The Morgan fingerprint density at radius 1 is 1.58 bits per heavy atom. The molecule has 2 N–H and O–H groups in total. The Morgan fingerprint density at radius 3 is 2.67 bits per heavy atom. The van der Waals surface area contributed by atoms with Gasteiger partial charge < -0.3 is 10.5 Å². The molecule has 0 aliphatic carbocycles. The zero-order chi connectivity index (χ0) is 9.14. The number of benzene rings is 1. The molecule has 0 spiro atoms. The summed E-state index contributed by atoms with van der Waals surface area (Å²) in [7, 11) is 1.60. The summed E-state index contributed by atoms with van der Waals surface area (Å²) in [6.45, 7) is 0. The highest BCUT2D eigenvalue weighted by Gasteiger charge is 2.06. The lowest BCUT2D eigenvalue weighted by molar-refractivity contribution is 0.414. The fraction of sp³-hybridized carbons (Fsp3) is 0.250. The highest BCUT2D eigenvalue weighted by atomic mass is 79.9. The SMILES string of the molecule is COc1ccc(C(N)Br)c(Cl)c1. The van der Waals surface area contributed by atoms with Gasteiger partial charge in [-0.25, -0.2) is 0 Å². The van der Waals surface area contributed by atoms with Gasteiger partial charge >= 0.3 is 0 Å². The van der Waals surface area contributed by atoms with Crippen LogP contribution in [-0.2, 0) is 0 Å². The molecule has 0 heterocycles. The van der Waals surface area contributed by atoms with Crippen molar-refractivity contribution in [1.29, 1.82) is 0 Å². The van der Waals surface area contributed by atoms with Crippen molar-refractivity contribution in [1.82, 2.24) is 0 Å². The summed E-state index contributed by atoms with van der Waals surface area (Å²) in [5.74, 6) is 0.733. The molecule has 1 unspecified atom stereocenters. The number of halogens is 2. The third-order valence-electron chi connectivity index (χ3n) is 1.50. The zero-order valence-electron chi connectivity index (χ0n) is 6.55. The van der Waals surface area contributed by atoms with Crippen molar-refractivity contribution in [2.45, 2.75) is 4.95 Å². The molecule has 0 saturated heterocycles. The lowest BCUT2D eigenvalue weighted by atomic mass is 10.2. The number of rotatable bonds is 2. The van der Waals surface area contributed by atoms with Crippen molar-refractivity contribution in [2.24, 2.45) is 5.73 Å². The topological polar surface area (TPSA) is 35.2 Å². The summed E-state index contributed by atoms with van der Waals surface area (Å²) in [6, 6.07) is 5.39. The monoisotopic (exact) mass is 249 g/mol. The van der Waals surface area contributed by atoms with E-state index in [2.05, 4.69) is 15.9 Å². The molecular formula is C8H9BrClNO. The first-order valence-electron chi connectivity index (χ1n) is 3.38. The molecule has 1 atom stereocenters. The third-order valence-corrected chi connectivity index (χ3v) is 2.33. The predicted molar refractivity (Wildman–Crippen MR) is 53.9 cm³/mol. The average molecular weight is 251 g/mol. The molecule has 0 aromatic heterocycles. The smallest absolute Gasteiger partial charge is 0.120 e. The van der Waals surface area contributed by atoms with Crippen LogP contribution in [0.25, 0.3) is 0 Å². The van der Waals surface area contributed by atoms with Crippen molar-refractivity contribution in [3.05, 3.63) is 28.8 Å². The molecule has 2 nitrogen and oxygen atoms in total. The molecular weight excluding hydrogens is 241 g/mol. The van der Waals surface area contributed by atoms with E-state index in [0.717, 1.165) is 11.3 Å². The van der Waals surface area contributed by atoms with Crippen LogP contribution in [0, 0.1) is 0 Å². The minimum atomic E-state index is -0.226. The lowest BCUT2D eigenvalue weighted by Gasteiger charge is -2.07. The molecule has 1 aromatic rings. The second-order valence-electron chi connectivity index (χ2n) is 2.29. The van der Waals surface area contributed by atoms with Crippen LogP contribution >= 0.6 is 27.5 Å². The Morgan fingerprint density at radius 2 is 2.25 bits per heavy atom. The Balaban J connectivity index is 3.03. The number of nitrogens with two attached hydrogens (primary N) is 1. The van der Waals surface area contributed by atoms with Gasteiger partial charge in [-0.2, -0.15) is 0 Å². The summed E-state index contributed by atoms with van der Waals surface area (Å²) >= 11 is 9.15. The molecule has 4 heteroatoms. The molecule has 66 valence electrons. The first-order valence-corrected chi connectivity index (χ1v) is 4.67. The van der Waals surface area contributed by atoms with Crippen LogP contribution in [0.3, 0.4) is 0 Å². The molecule has 12 heavy (non-hydrogen) atoms. The molecule has 0 radical (unpaired) electrons. The van der Waals surface area contributed by atoms with Crippen LogP contribution in [0.1, 0.15) is 10.5 Å². The van der Waals surface area contributed by atoms with E-state index in [1.165, 1.54) is 0 Å². The van der Waals surface area contributed by atoms with E-state index >= 15 is 0 Å². The Kier molecular flexibility index (Phi) is 3.38. The van der Waals surface area contributed by atoms with Crippen molar-refractivity contribution in [2.75, 3.05) is 7.11 Å². The second-order valence-corrected chi connectivity index (χ2v) is 3.68. The van der Waals surface area contributed by atoms with Crippen molar-refractivity contribution >= 4 is 27.5 Å². The van der Waals surface area contributed by atoms with Gasteiger partial charge in [0.05, 0.1) is 12.1 Å². The largest absolute Gasteiger partial charge is 0.497 e. The van der Waals surface area contributed by atoms with E-state index in [9.17, 15) is 0 Å². The van der Waals surface area contributed by atoms with Crippen LogP contribution in [0.15, 0.2) is 18.2 Å². The van der Waals surface area contributed by atoms with Gasteiger partial charge in [0, 0.05) is 5.02 Å². The van der Waals surface area contributed by atoms with E-state index in [1.54, 1.807) is 13.2 Å². The van der Waals surface area contributed by atoms with E-state index in [4.69, 9.17) is 22.1 Å². The molecule has 1 rings (SSSR count). The summed E-state index contributed by atoms with van der Waals surface area (Å²) in [5, 5.41) is 0.610. The van der Waals surface area contributed by atoms with Gasteiger partial charge in [-0.1, -0.05) is 33.6 Å². The molecule has 0 aliphatic rings. The summed E-state index contributed by atoms with van der Waals surface area (Å²) in [5.41, 5.74) is 6.46. The highest BCUT2D eigenvalue weighted by Crippen LogP contribution is 2.28. The fourth-order valence-corrected chi connectivity index (χ4v) is 1.68. The van der Waals surface area contributed by atoms with E-state index in [-0.39, 0.29) is 4.95 Å². The van der Waals surface area contributed by atoms with Gasteiger partial charge in [0.2, 0.25) is 0 Å². The molecule has 0 bridgehead atoms. The van der Waals surface area contributed by atoms with Gasteiger partial charge in [-0.05, 0) is 17.7 Å². The molecule has 0 amide bonds. The van der Waals surface area contributed by atoms with Crippen molar-refractivity contribution in [3.63, 3.8) is 0 Å². The third kappa shape index (κ3) is 2.12. The van der Waals surface area contributed by atoms with Crippen LogP contribution in [0.2, 0.25) is 5.02 Å². The minimum Gasteiger partial charge on any atom is -0.497 e. The summed E-state index contributed by atoms with van der Waals surface area (Å²) < 4.78 is 4.99. The number of ether oxygens (including phenoxy) is 1. The Labute approximate surface area is 84.8 Å². The first kappa shape index (κ1) is 9.84. The highest BCUT2D eigenvalue weighted by molar-refractivity contribution is 9.09. The van der Waals surface area contributed by atoms with Crippen molar-refractivity contribution < 1.29 is 4.74 Å². The van der Waals surface area contributed by atoms with E-state index in [1.807, 2.05) is 12.1 Å². The Bertz CT molecular complexity index is 278. The van der Waals surface area contributed by atoms with Gasteiger partial charge in [0.25, 0.3) is 0 Å². The van der Waals surface area contributed by atoms with Gasteiger partial charge in [-0.15, -0.1) is 0 Å². The van der Waals surface area contributed by atoms with Gasteiger partial charge in [0.1, 0.15) is 5.75 Å². The summed E-state index contributed by atoms with van der Waals surface area (Å²) in [6.07, 6.45) is 0. The van der Waals surface area contributed by atoms with Crippen LogP contribution < -0.4 is 10.5 Å². The number of hydrogen-bond donors (Lipinski definition) is 1. The molecule has 0 fully saturated rings. The zero-order valence-corrected chi connectivity index (χ0v) is 8.89. The van der Waals surface area contributed by atoms with Crippen LogP contribution in [0.5, 0.6) is 5.75 Å². The standard InChI is InChI=1S/C8H9BrClNO/c1-12-5-2-3-6(8(9)11)7(10)4-5/h2-4,8H,11H2,1H3. The van der Waals surface area contributed by atoms with E-state index in [0.29, 0.717) is 5.02 Å². The summed E-state index contributed by atoms with van der Waals surface area (Å²) in [4.78, 5) is -0.226. The maximum absolute atomic E-state index is 5.91. The minimum absolute atomic E-state index is 0.226. The van der Waals surface area contributed by atoms with Gasteiger partial charge in [0.15, 0.2) is 0 Å². The van der Waals surface area contributed by atoms with Crippen LogP contribution in [0.4, 0.5) is 0 Å².